The lowest BCUT2D eigenvalue weighted by atomic mass is 9.66. The van der Waals surface area contributed by atoms with Crippen molar-refractivity contribution in [2.45, 2.75) is 69.6 Å². The fourth-order valence-corrected chi connectivity index (χ4v) is 12.5. The molecule has 5 aliphatic rings. The maximum atomic E-state index is 2.61. The molecule has 1 saturated carbocycles. The Morgan fingerprint density at radius 2 is 1.25 bits per heavy atom. The highest BCUT2D eigenvalue weighted by atomic mass is 15.2. The number of aromatic nitrogens is 1. The average molecular weight is 877 g/mol. The molecule has 68 heavy (non-hydrogen) atoms. The van der Waals surface area contributed by atoms with Crippen molar-refractivity contribution in [3.63, 3.8) is 0 Å². The third-order valence-corrected chi connectivity index (χ3v) is 15.8. The van der Waals surface area contributed by atoms with Crippen LogP contribution in [0.3, 0.4) is 0 Å². The highest BCUT2D eigenvalue weighted by Gasteiger charge is 2.39. The van der Waals surface area contributed by atoms with Gasteiger partial charge in [-0.2, -0.15) is 0 Å². The Bertz CT molecular complexity index is 3360. The van der Waals surface area contributed by atoms with E-state index in [1.165, 1.54) is 126 Å². The molecule has 0 bridgehead atoms. The van der Waals surface area contributed by atoms with Crippen molar-refractivity contribution in [2.75, 3.05) is 4.90 Å². The largest absolute Gasteiger partial charge is 0.315 e. The number of nitrogens with zero attached hydrogens (tertiary/aromatic N) is 2. The number of rotatable bonds is 8. The van der Waals surface area contributed by atoms with Gasteiger partial charge in [0.15, 0.2) is 0 Å². The first-order chi connectivity index (χ1) is 33.7. The van der Waals surface area contributed by atoms with Gasteiger partial charge in [-0.1, -0.05) is 176 Å². The second kappa shape index (κ2) is 17.3. The summed E-state index contributed by atoms with van der Waals surface area (Å²) < 4.78 is 2.54. The van der Waals surface area contributed by atoms with Crippen LogP contribution in [0.4, 0.5) is 5.69 Å². The summed E-state index contributed by atoms with van der Waals surface area (Å²) >= 11 is 0. The third kappa shape index (κ3) is 7.26. The van der Waals surface area contributed by atoms with Crippen molar-refractivity contribution in [1.29, 1.82) is 0 Å². The molecule has 0 amide bonds. The van der Waals surface area contributed by atoms with Crippen LogP contribution in [0.5, 0.6) is 0 Å². The molecule has 0 saturated heterocycles. The molecule has 330 valence electrons. The first-order valence-electron chi connectivity index (χ1n) is 25.2. The normalized spacial score (nSPS) is 19.4. The van der Waals surface area contributed by atoms with Gasteiger partial charge in [-0.15, -0.1) is 0 Å². The van der Waals surface area contributed by atoms with E-state index in [0.717, 1.165) is 32.1 Å². The van der Waals surface area contributed by atoms with Gasteiger partial charge in [0.1, 0.15) is 0 Å². The van der Waals surface area contributed by atoms with Crippen molar-refractivity contribution in [3.8, 4) is 39.1 Å². The molecular formula is C66H56N2. The van der Waals surface area contributed by atoms with Crippen LogP contribution in [0.1, 0.15) is 84.7 Å². The Morgan fingerprint density at radius 1 is 0.544 bits per heavy atom. The fraction of sp³-hybridized carbons (Fsp3) is 0.182. The van der Waals surface area contributed by atoms with E-state index < -0.39 is 0 Å². The summed E-state index contributed by atoms with van der Waals surface area (Å²) in [4.78, 5) is 2.60. The molecule has 0 spiro atoms. The Kier molecular flexibility index (Phi) is 10.4. The predicted octanol–water partition coefficient (Wildman–Crippen LogP) is 17.1. The van der Waals surface area contributed by atoms with E-state index >= 15 is 0 Å². The van der Waals surface area contributed by atoms with Gasteiger partial charge in [0, 0.05) is 40.0 Å². The third-order valence-electron chi connectivity index (χ3n) is 15.8. The minimum absolute atomic E-state index is 0.301. The Morgan fingerprint density at radius 3 is 2.09 bits per heavy atom. The van der Waals surface area contributed by atoms with Crippen molar-refractivity contribution in [2.24, 2.45) is 5.92 Å². The van der Waals surface area contributed by atoms with Gasteiger partial charge in [0.05, 0.1) is 11.2 Å². The van der Waals surface area contributed by atoms with E-state index in [4.69, 9.17) is 0 Å². The van der Waals surface area contributed by atoms with E-state index in [2.05, 4.69) is 222 Å². The number of hydrogen-bond donors (Lipinski definition) is 0. The molecule has 1 fully saturated rings. The minimum Gasteiger partial charge on any atom is -0.315 e. The van der Waals surface area contributed by atoms with E-state index in [1.807, 2.05) is 0 Å². The fourth-order valence-electron chi connectivity index (χ4n) is 12.5. The zero-order valence-electron chi connectivity index (χ0n) is 38.7. The molecule has 3 unspecified atom stereocenters. The maximum absolute atomic E-state index is 2.61. The van der Waals surface area contributed by atoms with Crippen molar-refractivity contribution in [3.05, 3.63) is 257 Å². The number of hydrogen-bond acceptors (Lipinski definition) is 1. The summed E-state index contributed by atoms with van der Waals surface area (Å²) in [7, 11) is 0. The first kappa shape index (κ1) is 40.8. The Balaban J connectivity index is 0.881. The van der Waals surface area contributed by atoms with Crippen molar-refractivity contribution < 1.29 is 0 Å². The number of fused-ring (bicyclic) bond motifs is 7. The molecule has 2 nitrogen and oxygen atoms in total. The molecule has 1 heterocycles. The lowest BCUT2D eigenvalue weighted by Crippen LogP contribution is -2.27. The summed E-state index contributed by atoms with van der Waals surface area (Å²) in [6, 6.07) is 65.7. The van der Waals surface area contributed by atoms with E-state index in [1.54, 1.807) is 5.57 Å². The van der Waals surface area contributed by atoms with Crippen LogP contribution in [0.25, 0.3) is 56.0 Å². The molecule has 3 atom stereocenters. The van der Waals surface area contributed by atoms with Gasteiger partial charge >= 0.3 is 0 Å². The summed E-state index contributed by atoms with van der Waals surface area (Å²) in [5.74, 6) is 1.14. The smallest absolute Gasteiger partial charge is 0.0537 e. The van der Waals surface area contributed by atoms with Crippen LogP contribution >= 0.6 is 0 Å². The number of benzene rings is 7. The SMILES string of the molecule is C1=CC(c2ccc(-c3ccccc3)cc2)CC=C1N(C1=CC(C2c3c(n(-c4ccccc4)c4ccccc34)C=C3CCCCC32)=CCC1)c1ccc(-c2ccc3c(c2)CCc2ccccc2-3)cc1. The molecule has 0 radical (unpaired) electrons. The minimum atomic E-state index is 0.301. The number of allylic oxidation sites excluding steroid dienone is 8. The molecular weight excluding hydrogens is 821 g/mol. The Hall–Kier alpha value is -7.42. The zero-order chi connectivity index (χ0) is 45.0. The maximum Gasteiger partial charge on any atom is 0.0537 e. The van der Waals surface area contributed by atoms with Crippen LogP contribution in [0.15, 0.2) is 229 Å². The van der Waals surface area contributed by atoms with Gasteiger partial charge in [0.25, 0.3) is 0 Å². The summed E-state index contributed by atoms with van der Waals surface area (Å²) in [5, 5.41) is 1.39. The molecule has 0 aliphatic heterocycles. The second-order valence-corrected chi connectivity index (χ2v) is 19.6. The molecule has 5 aliphatic carbocycles. The topological polar surface area (TPSA) is 8.17 Å². The number of aryl methyl sites for hydroxylation is 2. The summed E-state index contributed by atoms with van der Waals surface area (Å²) in [5.41, 5.74) is 24.5. The highest BCUT2D eigenvalue weighted by molar-refractivity contribution is 5.93. The van der Waals surface area contributed by atoms with Crippen LogP contribution in [-0.2, 0) is 12.8 Å². The summed E-state index contributed by atoms with van der Waals surface area (Å²) in [6.07, 6.45) is 25.3. The van der Waals surface area contributed by atoms with Gasteiger partial charge in [-0.05, 0) is 167 Å². The van der Waals surface area contributed by atoms with Gasteiger partial charge in [-0.25, -0.2) is 0 Å². The quantitative estimate of drug-likeness (QED) is 0.148. The van der Waals surface area contributed by atoms with E-state index in [0.29, 0.717) is 17.8 Å². The van der Waals surface area contributed by atoms with Gasteiger partial charge in [-0.3, -0.25) is 0 Å². The molecule has 1 aromatic heterocycles. The standard InChI is InChI=1S/C66H56N2/c1-3-14-45(15-4-1)46-26-28-47(29-27-46)48-32-37-56(38-33-48)67(57-39-34-49(35-40-57)51-36-41-60-53(42-51)31-30-50-16-7-9-22-59(50)60)58-21-13-18-54(43-58)65-61-23-10-8-17-52(61)44-64-66(65)62-24-11-12-25-63(62)68(64)55-19-5-2-6-20-55/h1-7,9,11-12,14-16,18-20,22,24-29,32,34-44,48,61,65H,8,10,13,17,21,23,30-31,33H2. The molecule has 0 N–H and O–H groups in total. The van der Waals surface area contributed by atoms with Crippen LogP contribution in [0.2, 0.25) is 0 Å². The molecule has 13 rings (SSSR count). The van der Waals surface area contributed by atoms with Crippen molar-refractivity contribution >= 4 is 22.7 Å². The zero-order valence-corrected chi connectivity index (χ0v) is 38.7. The Labute approximate surface area is 401 Å². The lowest BCUT2D eigenvalue weighted by Gasteiger charge is -2.39. The van der Waals surface area contributed by atoms with Crippen molar-refractivity contribution in [1.82, 2.24) is 4.57 Å². The second-order valence-electron chi connectivity index (χ2n) is 19.6. The first-order valence-corrected chi connectivity index (χ1v) is 25.2. The van der Waals surface area contributed by atoms with Crippen LogP contribution in [-0.4, -0.2) is 4.57 Å². The van der Waals surface area contributed by atoms with E-state index in [9.17, 15) is 0 Å². The predicted molar refractivity (Wildman–Crippen MR) is 285 cm³/mol. The molecule has 8 aromatic rings. The lowest BCUT2D eigenvalue weighted by molar-refractivity contribution is 0.412. The van der Waals surface area contributed by atoms with Gasteiger partial charge in [0.2, 0.25) is 0 Å². The van der Waals surface area contributed by atoms with E-state index in [-0.39, 0.29) is 0 Å². The highest BCUT2D eigenvalue weighted by Crippen LogP contribution is 2.53. The average Bonchev–Trinajstić information content (AvgIpc) is 3.74. The van der Waals surface area contributed by atoms with Crippen LogP contribution in [0, 0.1) is 5.92 Å². The van der Waals surface area contributed by atoms with Crippen LogP contribution < -0.4 is 4.90 Å². The summed E-state index contributed by atoms with van der Waals surface area (Å²) in [6.45, 7) is 0. The van der Waals surface area contributed by atoms with Gasteiger partial charge < -0.3 is 9.47 Å². The molecule has 7 aromatic carbocycles. The monoisotopic (exact) mass is 876 g/mol. The molecule has 2 heteroatoms. The number of para-hydroxylation sites is 2. The number of anilines is 1.